The Bertz CT molecular complexity index is 2650. The average molecular weight is 776 g/mol. The summed E-state index contributed by atoms with van der Waals surface area (Å²) >= 11 is 28.4. The summed E-state index contributed by atoms with van der Waals surface area (Å²) in [6.07, 6.45) is 3.73. The second-order valence-corrected chi connectivity index (χ2v) is 14.8. The van der Waals surface area contributed by atoms with Crippen molar-refractivity contribution in [3.63, 3.8) is 0 Å². The Kier molecular flexibility index (Phi) is 7.60. The second-order valence-electron chi connectivity index (χ2n) is 12.1. The van der Waals surface area contributed by atoms with E-state index in [9.17, 15) is 15.3 Å². The minimum atomic E-state index is -1.63. The highest BCUT2D eigenvalue weighted by Crippen LogP contribution is 2.59. The van der Waals surface area contributed by atoms with Gasteiger partial charge in [0.25, 0.3) is 0 Å². The largest absolute Gasteiger partial charge is 0.456 e. The fourth-order valence-electron chi connectivity index (χ4n) is 6.92. The van der Waals surface area contributed by atoms with Crippen molar-refractivity contribution in [1.29, 1.82) is 10.5 Å². The number of rotatable bonds is 2. The first-order chi connectivity index (χ1) is 25.2. The van der Waals surface area contributed by atoms with Gasteiger partial charge in [-0.2, -0.15) is 10.5 Å². The fraction of sp³-hybridized carbons (Fsp3) is 0.0250. The maximum atomic E-state index is 13.7. The molecule has 9 rings (SSSR count). The summed E-state index contributed by atoms with van der Waals surface area (Å²) in [4.78, 5) is 14.6. The number of fused-ring (bicyclic) bond motifs is 8. The molecule has 4 heterocycles. The highest BCUT2D eigenvalue weighted by molar-refractivity contribution is 8.04. The van der Waals surface area contributed by atoms with Crippen LogP contribution in [0.25, 0.3) is 17.2 Å². The third-order valence-corrected chi connectivity index (χ3v) is 11.7. The molecule has 250 valence electrons. The number of anilines is 2. The van der Waals surface area contributed by atoms with Crippen LogP contribution in [0.3, 0.4) is 0 Å². The SMILES string of the molecule is N#C/C(=C1/C=Cc2ccccc2N1)c1cc2c(cc1Cl)C1(OC(=O)c3cc(Cl)c(Cl)cc31)c1cc(Cl)c(/C(C#N)=C3/Nc4ccccc4S3)cc1O2. The molecule has 0 saturated heterocycles. The number of thioether (sulfide) groups is 1. The molecule has 0 aliphatic carbocycles. The van der Waals surface area contributed by atoms with E-state index in [4.69, 9.17) is 55.9 Å². The number of halogens is 4. The zero-order chi connectivity index (χ0) is 35.9. The Hall–Kier alpha value is -5.32. The Morgan fingerprint density at radius 3 is 2.00 bits per heavy atom. The number of nitriles is 2. The van der Waals surface area contributed by atoms with Crippen LogP contribution in [0.2, 0.25) is 20.1 Å². The van der Waals surface area contributed by atoms with Gasteiger partial charge in [-0.1, -0.05) is 94.6 Å². The van der Waals surface area contributed by atoms with Crippen LogP contribution < -0.4 is 15.4 Å². The number of para-hydroxylation sites is 2. The van der Waals surface area contributed by atoms with Gasteiger partial charge in [0.1, 0.15) is 23.6 Å². The number of carbonyl (C=O) groups excluding carboxylic acids is 1. The molecule has 1 spiro atoms. The number of hydrogen-bond donors (Lipinski definition) is 2. The number of ether oxygens (including phenoxy) is 2. The zero-order valence-corrected chi connectivity index (χ0v) is 30.1. The molecule has 7 nitrogen and oxygen atoms in total. The lowest BCUT2D eigenvalue weighted by Gasteiger charge is -2.37. The number of allylic oxidation sites excluding steroid dienone is 3. The number of esters is 1. The van der Waals surface area contributed by atoms with E-state index >= 15 is 0 Å². The molecule has 4 aliphatic heterocycles. The van der Waals surface area contributed by atoms with Crippen LogP contribution in [-0.2, 0) is 10.3 Å². The van der Waals surface area contributed by atoms with E-state index in [1.807, 2.05) is 60.7 Å². The van der Waals surface area contributed by atoms with Gasteiger partial charge in [-0.15, -0.1) is 0 Å². The molecule has 2 N–H and O–H groups in total. The molecule has 12 heteroatoms. The molecule has 5 aromatic carbocycles. The molecule has 0 aromatic heterocycles. The van der Waals surface area contributed by atoms with Gasteiger partial charge in [0.15, 0.2) is 5.60 Å². The van der Waals surface area contributed by atoms with Crippen molar-refractivity contribution in [2.24, 2.45) is 0 Å². The average Bonchev–Trinajstić information content (AvgIpc) is 3.69. The molecule has 0 radical (unpaired) electrons. The number of benzene rings is 5. The van der Waals surface area contributed by atoms with Crippen molar-refractivity contribution in [1.82, 2.24) is 0 Å². The molecule has 0 fully saturated rings. The van der Waals surface area contributed by atoms with Gasteiger partial charge in [0.05, 0.1) is 43.2 Å². The van der Waals surface area contributed by atoms with Gasteiger partial charge in [0, 0.05) is 48.4 Å². The third-order valence-electron chi connectivity index (χ3n) is 9.29. The summed E-state index contributed by atoms with van der Waals surface area (Å²) in [5.74, 6) is -0.129. The molecule has 0 saturated carbocycles. The van der Waals surface area contributed by atoms with Gasteiger partial charge < -0.3 is 20.1 Å². The van der Waals surface area contributed by atoms with Crippen LogP contribution in [0, 0.1) is 22.7 Å². The summed E-state index contributed by atoms with van der Waals surface area (Å²) < 4.78 is 13.0. The maximum Gasteiger partial charge on any atom is 0.340 e. The maximum absolute atomic E-state index is 13.7. The molecule has 0 bridgehead atoms. The van der Waals surface area contributed by atoms with Crippen molar-refractivity contribution in [3.8, 4) is 23.6 Å². The Morgan fingerprint density at radius 2 is 1.31 bits per heavy atom. The smallest absolute Gasteiger partial charge is 0.340 e. The standard InChI is InChI=1S/C40H18Cl4N4O3S/c41-28-15-26-35(12-20(28)23(17-45)33-10-9-19-5-1-2-6-32(19)47-33)50-36-13-21(24(18-46)38-48-34-7-3-4-8-37(34)52-38)29(42)16-27(36)40(26)25-14-31(44)30(43)11-22(25)39(49)51-40/h1-16,47-48H/b33-23+,38-24-. The predicted octanol–water partition coefficient (Wildman–Crippen LogP) is 11.7. The normalized spacial score (nSPS) is 19.0. The highest BCUT2D eigenvalue weighted by Gasteiger charge is 2.54. The summed E-state index contributed by atoms with van der Waals surface area (Å²) in [6.45, 7) is 0. The quantitative estimate of drug-likeness (QED) is 0.135. The molecule has 1 unspecified atom stereocenters. The minimum Gasteiger partial charge on any atom is -0.456 e. The number of hydrogen-bond acceptors (Lipinski definition) is 8. The lowest BCUT2D eigenvalue weighted by Crippen LogP contribution is -2.33. The molecule has 52 heavy (non-hydrogen) atoms. The monoisotopic (exact) mass is 774 g/mol. The van der Waals surface area contributed by atoms with Crippen LogP contribution in [0.4, 0.5) is 11.4 Å². The van der Waals surface area contributed by atoms with Crippen LogP contribution >= 0.6 is 58.2 Å². The van der Waals surface area contributed by atoms with Crippen LogP contribution in [0.1, 0.15) is 43.7 Å². The summed E-state index contributed by atoms with van der Waals surface area (Å²) in [7, 11) is 0. The van der Waals surface area contributed by atoms with E-state index in [-0.39, 0.29) is 42.7 Å². The van der Waals surface area contributed by atoms with E-state index in [0.29, 0.717) is 44.1 Å². The number of carbonyl (C=O) groups is 1. The first-order valence-corrected chi connectivity index (χ1v) is 18.0. The van der Waals surface area contributed by atoms with E-state index in [2.05, 4.69) is 22.8 Å². The topological polar surface area (TPSA) is 107 Å². The zero-order valence-electron chi connectivity index (χ0n) is 26.3. The van der Waals surface area contributed by atoms with Gasteiger partial charge >= 0.3 is 5.97 Å². The van der Waals surface area contributed by atoms with Gasteiger partial charge in [-0.3, -0.25) is 0 Å². The van der Waals surface area contributed by atoms with Crippen LogP contribution in [0.15, 0.2) is 107 Å². The fourth-order valence-corrected chi connectivity index (χ4v) is 8.78. The Balaban J connectivity index is 1.26. The molecular formula is C40H18Cl4N4O3S. The number of nitrogens with zero attached hydrogens (tertiary/aromatic N) is 2. The van der Waals surface area contributed by atoms with Crippen LogP contribution in [0.5, 0.6) is 11.5 Å². The van der Waals surface area contributed by atoms with Crippen LogP contribution in [-0.4, -0.2) is 5.97 Å². The minimum absolute atomic E-state index is 0.177. The van der Waals surface area contributed by atoms with Gasteiger partial charge in [-0.05, 0) is 66.2 Å². The van der Waals surface area contributed by atoms with E-state index in [0.717, 1.165) is 21.8 Å². The third kappa shape index (κ3) is 4.84. The molecule has 4 aliphatic rings. The summed E-state index contributed by atoms with van der Waals surface area (Å²) in [6, 6.07) is 29.7. The van der Waals surface area contributed by atoms with Crippen molar-refractivity contribution < 1.29 is 14.3 Å². The van der Waals surface area contributed by atoms with E-state index < -0.39 is 11.6 Å². The van der Waals surface area contributed by atoms with Gasteiger partial charge in [0.2, 0.25) is 0 Å². The Labute approximate surface area is 321 Å². The molecule has 5 aromatic rings. The molecular weight excluding hydrogens is 758 g/mol. The van der Waals surface area contributed by atoms with E-state index in [1.165, 1.54) is 17.8 Å². The summed E-state index contributed by atoms with van der Waals surface area (Å²) in [5.41, 5.74) is 4.28. The Morgan fingerprint density at radius 1 is 0.692 bits per heavy atom. The first kappa shape index (κ1) is 32.6. The second kappa shape index (κ2) is 12.1. The lowest BCUT2D eigenvalue weighted by atomic mass is 9.76. The summed E-state index contributed by atoms with van der Waals surface area (Å²) in [5, 5.41) is 29.0. The molecule has 1 atom stereocenters. The van der Waals surface area contributed by atoms with Crippen molar-refractivity contribution >= 4 is 92.7 Å². The van der Waals surface area contributed by atoms with Crippen molar-refractivity contribution in [2.45, 2.75) is 10.5 Å². The van der Waals surface area contributed by atoms with Crippen molar-refractivity contribution in [3.05, 3.63) is 161 Å². The first-order valence-electron chi connectivity index (χ1n) is 15.7. The number of nitrogens with one attached hydrogen (secondary N) is 2. The van der Waals surface area contributed by atoms with Crippen molar-refractivity contribution in [2.75, 3.05) is 10.6 Å². The lowest BCUT2D eigenvalue weighted by molar-refractivity contribution is 0.0224. The predicted molar refractivity (Wildman–Crippen MR) is 205 cm³/mol. The van der Waals surface area contributed by atoms with Gasteiger partial charge in [-0.25, -0.2) is 4.79 Å². The molecule has 0 amide bonds. The highest BCUT2D eigenvalue weighted by atomic mass is 35.5. The van der Waals surface area contributed by atoms with E-state index in [1.54, 1.807) is 30.3 Å².